The highest BCUT2D eigenvalue weighted by Crippen LogP contribution is 2.67. The summed E-state index contributed by atoms with van der Waals surface area (Å²) in [6.45, 7) is 5.15. The first-order chi connectivity index (χ1) is 19.2. The van der Waals surface area contributed by atoms with Gasteiger partial charge in [0.25, 0.3) is 0 Å². The van der Waals surface area contributed by atoms with Gasteiger partial charge in [-0.15, -0.1) is 0 Å². The maximum Gasteiger partial charge on any atom is 0.303 e. The molecule has 2 aromatic carbocycles. The lowest BCUT2D eigenvalue weighted by Gasteiger charge is -2.64. The van der Waals surface area contributed by atoms with E-state index < -0.39 is 34.5 Å². The number of rotatable bonds is 7. The van der Waals surface area contributed by atoms with Crippen molar-refractivity contribution in [1.82, 2.24) is 10.2 Å². The van der Waals surface area contributed by atoms with E-state index in [-0.39, 0.29) is 24.9 Å². The van der Waals surface area contributed by atoms with Gasteiger partial charge in [-0.1, -0.05) is 55.5 Å². The Bertz CT molecular complexity index is 1350. The molecule has 6 atom stereocenters. The van der Waals surface area contributed by atoms with Crippen molar-refractivity contribution in [1.29, 1.82) is 0 Å². The minimum absolute atomic E-state index is 0.0155. The van der Waals surface area contributed by atoms with Crippen LogP contribution in [0.4, 0.5) is 5.69 Å². The standard InChI is InChI=1S/C32H39N3O5/c1-5-30-14-9-16-35-17-15-31(27(30)35)24-13-12-23(39-4)19-25(24)34(3)28(31)32(38,29(30)40-21(2)36)20-33-26(37)18-22-10-7-6-8-11-22/h6-14,19,27-29,38H,5,15-18,20H2,1-4H3,(H,33,37)/t27-,28+,29+,30+,31+,32-/m0/s1. The van der Waals surface area contributed by atoms with Gasteiger partial charge in [0.15, 0.2) is 0 Å². The van der Waals surface area contributed by atoms with Crippen LogP contribution in [0.1, 0.15) is 37.8 Å². The minimum Gasteiger partial charge on any atom is -0.497 e. The number of amides is 1. The van der Waals surface area contributed by atoms with E-state index in [1.165, 1.54) is 12.5 Å². The molecule has 212 valence electrons. The average molecular weight is 546 g/mol. The molecule has 6 rings (SSSR count). The summed E-state index contributed by atoms with van der Waals surface area (Å²) in [6.07, 6.45) is 5.20. The van der Waals surface area contributed by atoms with Crippen molar-refractivity contribution < 1.29 is 24.2 Å². The van der Waals surface area contributed by atoms with Gasteiger partial charge in [0.2, 0.25) is 5.91 Å². The SMILES string of the molecule is CC[C@]12C=CCN3CC[C@@]4(c5ccc(OC)cc5N(C)[C@H]4[C@@](O)(CNC(=O)Cc4ccccc4)[C@@H]1OC(C)=O)[C@@H]32. The lowest BCUT2D eigenvalue weighted by molar-refractivity contribution is -0.217. The normalized spacial score (nSPS) is 33.6. The molecule has 4 aliphatic rings. The number of nitrogens with one attached hydrogen (secondary N) is 1. The van der Waals surface area contributed by atoms with Gasteiger partial charge in [0.1, 0.15) is 17.5 Å². The zero-order chi connectivity index (χ0) is 28.3. The topological polar surface area (TPSA) is 91.3 Å². The quantitative estimate of drug-likeness (QED) is 0.409. The number of carbonyl (C=O) groups is 2. The summed E-state index contributed by atoms with van der Waals surface area (Å²) in [5.41, 5.74) is 0.418. The lowest BCUT2D eigenvalue weighted by Crippen LogP contribution is -2.81. The highest BCUT2D eigenvalue weighted by Gasteiger charge is 2.77. The molecule has 1 saturated heterocycles. The first kappa shape index (κ1) is 26.8. The summed E-state index contributed by atoms with van der Waals surface area (Å²) in [4.78, 5) is 30.5. The number of methoxy groups -OCH3 is 1. The zero-order valence-corrected chi connectivity index (χ0v) is 23.7. The van der Waals surface area contributed by atoms with Crippen molar-refractivity contribution >= 4 is 17.6 Å². The fourth-order valence-electron chi connectivity index (χ4n) is 8.73. The summed E-state index contributed by atoms with van der Waals surface area (Å²) < 4.78 is 11.8. The van der Waals surface area contributed by atoms with Crippen LogP contribution in [0.25, 0.3) is 0 Å². The Balaban J connectivity index is 1.50. The number of ether oxygens (including phenoxy) is 2. The van der Waals surface area contributed by atoms with E-state index >= 15 is 0 Å². The molecule has 1 aliphatic carbocycles. The summed E-state index contributed by atoms with van der Waals surface area (Å²) in [6, 6.07) is 15.3. The predicted molar refractivity (Wildman–Crippen MR) is 152 cm³/mol. The molecular formula is C32H39N3O5. The second kappa shape index (κ2) is 9.63. The number of nitrogens with zero attached hydrogens (tertiary/aromatic N) is 2. The van der Waals surface area contributed by atoms with E-state index in [1.54, 1.807) is 7.11 Å². The molecule has 1 amide bonds. The summed E-state index contributed by atoms with van der Waals surface area (Å²) in [5, 5.41) is 16.1. The van der Waals surface area contributed by atoms with Gasteiger partial charge in [-0.25, -0.2) is 0 Å². The maximum absolute atomic E-state index is 13.2. The Labute approximate surface area is 235 Å². The van der Waals surface area contributed by atoms with E-state index in [4.69, 9.17) is 9.47 Å². The molecule has 1 spiro atoms. The molecule has 2 aromatic rings. The summed E-state index contributed by atoms with van der Waals surface area (Å²) in [5.74, 6) is 0.120. The Hall–Kier alpha value is -3.36. The van der Waals surface area contributed by atoms with E-state index in [9.17, 15) is 14.7 Å². The third-order valence-corrected chi connectivity index (χ3v) is 9.99. The maximum atomic E-state index is 13.2. The Morgan fingerprint density at radius 3 is 2.62 bits per heavy atom. The molecule has 3 heterocycles. The van der Waals surface area contributed by atoms with E-state index in [1.807, 2.05) is 49.5 Å². The Morgan fingerprint density at radius 1 is 1.15 bits per heavy atom. The highest BCUT2D eigenvalue weighted by atomic mass is 16.6. The van der Waals surface area contributed by atoms with Gasteiger partial charge in [-0.2, -0.15) is 0 Å². The Morgan fingerprint density at radius 2 is 1.93 bits per heavy atom. The second-order valence-corrected chi connectivity index (χ2v) is 11.9. The first-order valence-electron chi connectivity index (χ1n) is 14.2. The monoisotopic (exact) mass is 545 g/mol. The predicted octanol–water partition coefficient (Wildman–Crippen LogP) is 2.83. The van der Waals surface area contributed by atoms with E-state index in [0.717, 1.165) is 36.5 Å². The van der Waals surface area contributed by atoms with Gasteiger partial charge in [-0.3, -0.25) is 14.5 Å². The van der Waals surface area contributed by atoms with Crippen LogP contribution in [-0.4, -0.2) is 79.5 Å². The smallest absolute Gasteiger partial charge is 0.303 e. The van der Waals surface area contributed by atoms with Crippen LogP contribution in [-0.2, 0) is 26.2 Å². The molecule has 0 aromatic heterocycles. The minimum atomic E-state index is -1.58. The van der Waals surface area contributed by atoms with Crippen LogP contribution < -0.4 is 15.0 Å². The Kier molecular flexibility index (Phi) is 6.46. The number of hydrogen-bond donors (Lipinski definition) is 2. The van der Waals surface area contributed by atoms with Crippen molar-refractivity contribution in [3.8, 4) is 5.75 Å². The first-order valence-corrected chi connectivity index (χ1v) is 14.2. The van der Waals surface area contributed by atoms with Crippen LogP contribution >= 0.6 is 0 Å². The molecule has 40 heavy (non-hydrogen) atoms. The van der Waals surface area contributed by atoms with Crippen LogP contribution in [0.5, 0.6) is 5.75 Å². The summed E-state index contributed by atoms with van der Waals surface area (Å²) >= 11 is 0. The van der Waals surface area contributed by atoms with Crippen LogP contribution in [0.2, 0.25) is 0 Å². The van der Waals surface area contributed by atoms with Gasteiger partial charge in [0.05, 0.1) is 26.1 Å². The van der Waals surface area contributed by atoms with Crippen LogP contribution in [0.15, 0.2) is 60.7 Å². The number of fused-ring (bicyclic) bond motifs is 1. The molecule has 8 nitrogen and oxygen atoms in total. The van der Waals surface area contributed by atoms with E-state index in [2.05, 4.69) is 40.3 Å². The fourth-order valence-corrected chi connectivity index (χ4v) is 8.73. The molecule has 2 N–H and O–H groups in total. The van der Waals surface area contributed by atoms with Crippen LogP contribution in [0.3, 0.4) is 0 Å². The zero-order valence-electron chi connectivity index (χ0n) is 23.7. The van der Waals surface area contributed by atoms with Crippen molar-refractivity contribution in [2.24, 2.45) is 5.41 Å². The molecule has 0 unspecified atom stereocenters. The molecule has 8 heteroatoms. The number of esters is 1. The third kappa shape index (κ3) is 3.65. The summed E-state index contributed by atoms with van der Waals surface area (Å²) in [7, 11) is 3.66. The molecule has 0 bridgehead atoms. The third-order valence-electron chi connectivity index (χ3n) is 9.99. The number of likely N-dealkylation sites (N-methyl/N-ethyl adjacent to an activating group) is 1. The molecule has 2 fully saturated rings. The average Bonchev–Trinajstić information content (AvgIpc) is 3.46. The number of aliphatic hydroxyl groups is 1. The van der Waals surface area contributed by atoms with Gasteiger partial charge in [0, 0.05) is 49.1 Å². The van der Waals surface area contributed by atoms with Gasteiger partial charge in [-0.05, 0) is 36.6 Å². The largest absolute Gasteiger partial charge is 0.497 e. The van der Waals surface area contributed by atoms with Gasteiger partial charge >= 0.3 is 5.97 Å². The van der Waals surface area contributed by atoms with Crippen molar-refractivity contribution in [3.63, 3.8) is 0 Å². The van der Waals surface area contributed by atoms with Crippen LogP contribution in [0, 0.1) is 5.41 Å². The molecular weight excluding hydrogens is 506 g/mol. The number of anilines is 1. The molecule has 3 aliphatic heterocycles. The van der Waals surface area contributed by atoms with Gasteiger partial charge < -0.3 is 24.8 Å². The lowest BCUT2D eigenvalue weighted by atomic mass is 9.47. The number of benzene rings is 2. The van der Waals surface area contributed by atoms with Crippen molar-refractivity contribution in [2.45, 2.75) is 62.3 Å². The fraction of sp³-hybridized carbons (Fsp3) is 0.500. The van der Waals surface area contributed by atoms with E-state index in [0.29, 0.717) is 6.42 Å². The van der Waals surface area contributed by atoms with Crippen molar-refractivity contribution in [2.75, 3.05) is 38.7 Å². The highest BCUT2D eigenvalue weighted by molar-refractivity contribution is 5.79. The van der Waals surface area contributed by atoms with Crippen molar-refractivity contribution in [3.05, 3.63) is 71.8 Å². The molecule has 0 radical (unpaired) electrons. The second-order valence-electron chi connectivity index (χ2n) is 11.9. The number of hydrogen-bond acceptors (Lipinski definition) is 7. The molecule has 1 saturated carbocycles. The number of carbonyl (C=O) groups excluding carboxylic acids is 2.